The van der Waals surface area contributed by atoms with Crippen molar-refractivity contribution in [3.05, 3.63) is 261 Å². The van der Waals surface area contributed by atoms with Gasteiger partial charge in [-0.1, -0.05) is 164 Å². The normalized spacial score (nSPS) is 12.7. The van der Waals surface area contributed by atoms with Gasteiger partial charge in [0.1, 0.15) is 0 Å². The Morgan fingerprint density at radius 1 is 0.239 bits per heavy atom. The number of aromatic nitrogens is 2. The smallest absolute Gasteiger partial charge is 0.252 e. The molecule has 0 radical (unpaired) electrons. The molecular weight excluding hydrogens is 860 g/mol. The predicted octanol–water partition coefficient (Wildman–Crippen LogP) is 15.3. The van der Waals surface area contributed by atoms with Gasteiger partial charge in [0.2, 0.25) is 0 Å². The van der Waals surface area contributed by atoms with Gasteiger partial charge in [0.05, 0.1) is 22.1 Å². The number of hydrogen-bond donors (Lipinski definition) is 0. The third-order valence-corrected chi connectivity index (χ3v) is 15.1. The van der Waals surface area contributed by atoms with E-state index in [0.717, 1.165) is 22.7 Å². The van der Waals surface area contributed by atoms with Gasteiger partial charge in [-0.15, -0.1) is 0 Å². The van der Waals surface area contributed by atoms with E-state index in [4.69, 9.17) is 0 Å². The highest BCUT2D eigenvalue weighted by molar-refractivity contribution is 7.00. The Hall–Kier alpha value is -9.32. The van der Waals surface area contributed by atoms with Crippen LogP contribution in [0.15, 0.2) is 261 Å². The average molecular weight is 903 g/mol. The maximum absolute atomic E-state index is 2.49. The number of nitrogens with zero attached hydrogens (tertiary/aromatic N) is 4. The minimum atomic E-state index is 0.00424. The molecule has 11 aromatic carbocycles. The van der Waals surface area contributed by atoms with Gasteiger partial charge in [-0.2, -0.15) is 0 Å². The van der Waals surface area contributed by atoms with Crippen LogP contribution in [0.3, 0.4) is 0 Å². The highest BCUT2D eigenvalue weighted by Gasteiger charge is 2.43. The molecule has 0 saturated heterocycles. The van der Waals surface area contributed by atoms with Crippen LogP contribution in [0.5, 0.6) is 0 Å². The Balaban J connectivity index is 0.874. The molecule has 13 aromatic rings. The molecule has 0 N–H and O–H groups in total. The number of para-hydroxylation sites is 6. The average Bonchev–Trinajstić information content (AvgIpc) is 3.96. The molecule has 4 heterocycles. The first-order valence-corrected chi connectivity index (χ1v) is 24.5. The van der Waals surface area contributed by atoms with Gasteiger partial charge >= 0.3 is 0 Å². The van der Waals surface area contributed by atoms with E-state index in [1.807, 2.05) is 0 Å². The fourth-order valence-electron chi connectivity index (χ4n) is 12.0. The van der Waals surface area contributed by atoms with Crippen LogP contribution in [0.25, 0.3) is 77.2 Å². The monoisotopic (exact) mass is 902 g/mol. The van der Waals surface area contributed by atoms with Gasteiger partial charge in [0, 0.05) is 67.0 Å². The van der Waals surface area contributed by atoms with Gasteiger partial charge in [-0.3, -0.25) is 0 Å². The summed E-state index contributed by atoms with van der Waals surface area (Å²) in [5.41, 5.74) is 22.8. The molecule has 330 valence electrons. The lowest BCUT2D eigenvalue weighted by molar-refractivity contribution is 1.18. The highest BCUT2D eigenvalue weighted by atomic mass is 15.2. The lowest BCUT2D eigenvalue weighted by Gasteiger charge is -2.44. The van der Waals surface area contributed by atoms with Gasteiger partial charge < -0.3 is 18.9 Å². The van der Waals surface area contributed by atoms with Gasteiger partial charge in [0.15, 0.2) is 0 Å². The second-order valence-corrected chi connectivity index (χ2v) is 18.9. The number of rotatable bonds is 6. The molecule has 0 aliphatic carbocycles. The lowest BCUT2D eigenvalue weighted by atomic mass is 9.33. The van der Waals surface area contributed by atoms with Crippen molar-refractivity contribution in [2.24, 2.45) is 0 Å². The third kappa shape index (κ3) is 6.00. The summed E-state index contributed by atoms with van der Waals surface area (Å²) in [6.45, 7) is 0.00424. The fraction of sp³-hybridized carbons (Fsp3) is 0. The number of benzene rings is 11. The summed E-state index contributed by atoms with van der Waals surface area (Å²) in [7, 11) is 0. The number of fused-ring (bicyclic) bond motifs is 10. The standard InChI is InChI=1S/C66H43BN4/c1-3-16-48(17-4-1)70-62-28-15-29-63-66(62)67(56-40-34-46(42-64(56)70)44-30-36-50(37-31-44)68-58-24-11-7-20-52(58)53-21-8-12-25-59(53)68)57-41-35-47(43-65(57)71(63)49-18-5-2-6-19-49)45-32-38-51(39-33-45)69-60-26-13-9-22-54(60)55-23-10-14-27-61(55)69/h1-43H. The van der Waals surface area contributed by atoms with Crippen LogP contribution < -0.4 is 26.2 Å². The summed E-state index contributed by atoms with van der Waals surface area (Å²) in [4.78, 5) is 4.98. The Bertz CT molecular complexity index is 3850. The first-order chi connectivity index (χ1) is 35.2. The Kier molecular flexibility index (Phi) is 8.72. The molecule has 71 heavy (non-hydrogen) atoms. The minimum absolute atomic E-state index is 0.00424. The third-order valence-electron chi connectivity index (χ3n) is 15.1. The van der Waals surface area contributed by atoms with Crippen molar-refractivity contribution in [2.45, 2.75) is 0 Å². The molecular formula is C66H43BN4. The molecule has 4 nitrogen and oxygen atoms in total. The van der Waals surface area contributed by atoms with E-state index in [0.29, 0.717) is 0 Å². The SMILES string of the molecule is c1ccc(N2c3cc(-c4ccc(-n5c6ccccc6c6ccccc65)cc4)ccc3B3c4ccc(-c5ccc(-n6c7ccccc7c7ccccc76)cc5)cc4N(c4ccccc4)c4cccc2c43)cc1. The number of anilines is 6. The van der Waals surface area contributed by atoms with Crippen molar-refractivity contribution < 1.29 is 0 Å². The van der Waals surface area contributed by atoms with Gasteiger partial charge in [-0.05, 0) is 136 Å². The molecule has 0 bridgehead atoms. The summed E-state index contributed by atoms with van der Waals surface area (Å²) in [5.74, 6) is 0. The van der Waals surface area contributed by atoms with E-state index in [2.05, 4.69) is 280 Å². The maximum atomic E-state index is 2.49. The van der Waals surface area contributed by atoms with Crippen molar-refractivity contribution in [3.63, 3.8) is 0 Å². The van der Waals surface area contributed by atoms with Crippen LogP contribution in [0.2, 0.25) is 0 Å². The second kappa shape index (κ2) is 15.6. The van der Waals surface area contributed by atoms with E-state index >= 15 is 0 Å². The molecule has 0 fully saturated rings. The summed E-state index contributed by atoms with van der Waals surface area (Å²) >= 11 is 0. The van der Waals surface area contributed by atoms with Crippen molar-refractivity contribution in [3.8, 4) is 33.6 Å². The van der Waals surface area contributed by atoms with E-state index in [1.165, 1.54) is 105 Å². The Morgan fingerprint density at radius 3 is 0.958 bits per heavy atom. The van der Waals surface area contributed by atoms with Crippen molar-refractivity contribution in [1.29, 1.82) is 0 Å². The van der Waals surface area contributed by atoms with Crippen molar-refractivity contribution >= 4 is 101 Å². The number of hydrogen-bond acceptors (Lipinski definition) is 2. The molecule has 0 atom stereocenters. The zero-order valence-corrected chi connectivity index (χ0v) is 38.7. The van der Waals surface area contributed by atoms with Crippen LogP contribution >= 0.6 is 0 Å². The van der Waals surface area contributed by atoms with Crippen LogP contribution in [0.4, 0.5) is 34.1 Å². The van der Waals surface area contributed by atoms with E-state index in [1.54, 1.807) is 0 Å². The molecule has 0 spiro atoms. The van der Waals surface area contributed by atoms with Gasteiger partial charge in [-0.25, -0.2) is 0 Å². The zero-order chi connectivity index (χ0) is 46.6. The molecule has 0 unspecified atom stereocenters. The highest BCUT2D eigenvalue weighted by Crippen LogP contribution is 2.46. The lowest BCUT2D eigenvalue weighted by Crippen LogP contribution is -2.61. The molecule has 2 aromatic heterocycles. The van der Waals surface area contributed by atoms with Crippen molar-refractivity contribution in [1.82, 2.24) is 9.13 Å². The Morgan fingerprint density at radius 2 is 0.577 bits per heavy atom. The van der Waals surface area contributed by atoms with E-state index in [9.17, 15) is 0 Å². The maximum Gasteiger partial charge on any atom is 0.252 e. The van der Waals surface area contributed by atoms with E-state index < -0.39 is 0 Å². The fourth-order valence-corrected chi connectivity index (χ4v) is 12.0. The summed E-state index contributed by atoms with van der Waals surface area (Å²) in [6, 6.07) is 96.0. The van der Waals surface area contributed by atoms with Crippen LogP contribution in [0, 0.1) is 0 Å². The molecule has 15 rings (SSSR count). The molecule has 2 aliphatic rings. The zero-order valence-electron chi connectivity index (χ0n) is 38.7. The summed E-state index contributed by atoms with van der Waals surface area (Å²) < 4.78 is 4.78. The predicted molar refractivity (Wildman–Crippen MR) is 300 cm³/mol. The Labute approximate surface area is 412 Å². The van der Waals surface area contributed by atoms with Crippen LogP contribution in [-0.2, 0) is 0 Å². The van der Waals surface area contributed by atoms with Crippen LogP contribution in [-0.4, -0.2) is 15.8 Å². The largest absolute Gasteiger partial charge is 0.311 e. The molecule has 2 aliphatic heterocycles. The molecule has 5 heteroatoms. The van der Waals surface area contributed by atoms with E-state index in [-0.39, 0.29) is 6.71 Å². The van der Waals surface area contributed by atoms with Gasteiger partial charge in [0.25, 0.3) is 6.71 Å². The first-order valence-electron chi connectivity index (χ1n) is 24.5. The van der Waals surface area contributed by atoms with Crippen molar-refractivity contribution in [2.75, 3.05) is 9.80 Å². The molecule has 0 amide bonds. The topological polar surface area (TPSA) is 16.3 Å². The summed E-state index contributed by atoms with van der Waals surface area (Å²) in [6.07, 6.45) is 0. The minimum Gasteiger partial charge on any atom is -0.311 e. The second-order valence-electron chi connectivity index (χ2n) is 18.9. The van der Waals surface area contributed by atoms with Crippen LogP contribution in [0.1, 0.15) is 0 Å². The molecule has 0 saturated carbocycles. The first kappa shape index (κ1) is 39.7. The summed E-state index contributed by atoms with van der Waals surface area (Å²) in [5, 5.41) is 5.07. The quantitative estimate of drug-likeness (QED) is 0.155.